The summed E-state index contributed by atoms with van der Waals surface area (Å²) < 4.78 is 5.09. The summed E-state index contributed by atoms with van der Waals surface area (Å²) >= 11 is 0. The minimum atomic E-state index is -1.15. The molecule has 112 valence electrons. The van der Waals surface area contributed by atoms with Crippen LogP contribution in [0.4, 0.5) is 4.79 Å². The monoisotopic (exact) mass is 290 g/mol. The first-order chi connectivity index (χ1) is 9.76. The van der Waals surface area contributed by atoms with E-state index in [4.69, 9.17) is 4.74 Å². The smallest absolute Gasteiger partial charge is 0.408 e. The maximum Gasteiger partial charge on any atom is 0.408 e. The summed E-state index contributed by atoms with van der Waals surface area (Å²) in [7, 11) is 0. The Morgan fingerprint density at radius 2 is 2.00 bits per heavy atom. The molecule has 6 heteroatoms. The van der Waals surface area contributed by atoms with E-state index in [0.717, 1.165) is 10.9 Å². The third kappa shape index (κ3) is 3.75. The molecule has 0 aliphatic carbocycles. The number of carbonyl (C=O) groups excluding carboxylic acids is 1. The molecule has 0 saturated carbocycles. The number of amides is 1. The number of alkyl carbamates (subject to hydrolysis) is 1. The van der Waals surface area contributed by atoms with Gasteiger partial charge in [-0.25, -0.2) is 9.59 Å². The van der Waals surface area contributed by atoms with Crippen LogP contribution >= 0.6 is 0 Å². The van der Waals surface area contributed by atoms with Crippen LogP contribution in [0.25, 0.3) is 10.9 Å². The molecule has 0 aliphatic heterocycles. The first-order valence-electron chi connectivity index (χ1n) is 6.55. The van der Waals surface area contributed by atoms with Gasteiger partial charge < -0.3 is 20.1 Å². The van der Waals surface area contributed by atoms with Crippen molar-refractivity contribution in [2.75, 3.05) is 0 Å². The minimum absolute atomic E-state index is 0.487. The van der Waals surface area contributed by atoms with E-state index in [0.29, 0.717) is 5.56 Å². The summed E-state index contributed by atoms with van der Waals surface area (Å²) in [6.07, 6.45) is 1.01. The molecule has 1 unspecified atom stereocenters. The van der Waals surface area contributed by atoms with Crippen molar-refractivity contribution < 1.29 is 19.4 Å². The number of aromatic amines is 1. The molecule has 21 heavy (non-hydrogen) atoms. The van der Waals surface area contributed by atoms with E-state index in [1.54, 1.807) is 45.2 Å². The fourth-order valence-corrected chi connectivity index (χ4v) is 1.96. The average Bonchev–Trinajstić information content (AvgIpc) is 2.80. The number of H-pyrrole nitrogens is 1. The van der Waals surface area contributed by atoms with Gasteiger partial charge in [-0.1, -0.05) is 6.07 Å². The molecule has 6 nitrogen and oxygen atoms in total. The minimum Gasteiger partial charge on any atom is -0.479 e. The van der Waals surface area contributed by atoms with Gasteiger partial charge >= 0.3 is 12.1 Å². The maximum absolute atomic E-state index is 11.8. The number of hydrogen-bond donors (Lipinski definition) is 3. The Balaban J connectivity index is 2.22. The highest BCUT2D eigenvalue weighted by molar-refractivity contribution is 5.85. The molecule has 1 aromatic carbocycles. The van der Waals surface area contributed by atoms with Crippen molar-refractivity contribution in [3.63, 3.8) is 0 Å². The zero-order chi connectivity index (χ0) is 15.6. The van der Waals surface area contributed by atoms with Gasteiger partial charge in [-0.15, -0.1) is 0 Å². The van der Waals surface area contributed by atoms with Crippen molar-refractivity contribution in [2.45, 2.75) is 32.4 Å². The van der Waals surface area contributed by atoms with Crippen LogP contribution in [0.2, 0.25) is 0 Å². The van der Waals surface area contributed by atoms with Crippen LogP contribution in [0.5, 0.6) is 0 Å². The predicted octanol–water partition coefficient (Wildman–Crippen LogP) is 2.82. The Bertz CT molecular complexity index is 670. The third-order valence-electron chi connectivity index (χ3n) is 2.82. The van der Waals surface area contributed by atoms with Gasteiger partial charge in [-0.2, -0.15) is 0 Å². The van der Waals surface area contributed by atoms with Crippen molar-refractivity contribution in [3.05, 3.63) is 36.0 Å². The number of nitrogens with one attached hydrogen (secondary N) is 2. The molecule has 2 aromatic rings. The second-order valence-corrected chi connectivity index (χ2v) is 5.74. The molecule has 1 aromatic heterocycles. The van der Waals surface area contributed by atoms with Crippen molar-refractivity contribution in [1.82, 2.24) is 10.3 Å². The molecule has 0 bridgehead atoms. The number of aromatic nitrogens is 1. The summed E-state index contributed by atoms with van der Waals surface area (Å²) in [4.78, 5) is 26.2. The second-order valence-electron chi connectivity index (χ2n) is 5.74. The molecule has 0 radical (unpaired) electrons. The van der Waals surface area contributed by atoms with Gasteiger partial charge in [0, 0.05) is 11.7 Å². The highest BCUT2D eigenvalue weighted by atomic mass is 16.6. The van der Waals surface area contributed by atoms with Crippen LogP contribution in [0.15, 0.2) is 30.5 Å². The quantitative estimate of drug-likeness (QED) is 0.810. The lowest BCUT2D eigenvalue weighted by Crippen LogP contribution is -2.38. The van der Waals surface area contributed by atoms with Crippen LogP contribution in [-0.4, -0.2) is 27.8 Å². The van der Waals surface area contributed by atoms with Crippen LogP contribution in [0, 0.1) is 0 Å². The number of hydrogen-bond acceptors (Lipinski definition) is 3. The number of aliphatic carboxylic acids is 1. The topological polar surface area (TPSA) is 91.4 Å². The lowest BCUT2D eigenvalue weighted by atomic mass is 10.1. The van der Waals surface area contributed by atoms with E-state index >= 15 is 0 Å². The number of fused-ring (bicyclic) bond motifs is 1. The Labute approximate surface area is 122 Å². The summed E-state index contributed by atoms with van der Waals surface area (Å²) in [5.74, 6) is -1.14. The molecule has 0 fully saturated rings. The Morgan fingerprint density at radius 1 is 1.29 bits per heavy atom. The third-order valence-corrected chi connectivity index (χ3v) is 2.82. The molecule has 1 heterocycles. The molecule has 0 saturated heterocycles. The highest BCUT2D eigenvalue weighted by Crippen LogP contribution is 2.20. The van der Waals surface area contributed by atoms with Crippen LogP contribution in [-0.2, 0) is 9.53 Å². The number of ether oxygens (including phenoxy) is 1. The Hall–Kier alpha value is -2.50. The number of rotatable bonds is 3. The van der Waals surface area contributed by atoms with Gasteiger partial charge in [0.2, 0.25) is 0 Å². The van der Waals surface area contributed by atoms with Crippen molar-refractivity contribution in [1.29, 1.82) is 0 Å². The first-order valence-corrected chi connectivity index (χ1v) is 6.55. The van der Waals surface area contributed by atoms with Crippen molar-refractivity contribution >= 4 is 23.0 Å². The Kier molecular flexibility index (Phi) is 3.88. The van der Waals surface area contributed by atoms with Gasteiger partial charge in [-0.05, 0) is 49.9 Å². The van der Waals surface area contributed by atoms with Gasteiger partial charge in [-0.3, -0.25) is 0 Å². The average molecular weight is 290 g/mol. The van der Waals surface area contributed by atoms with Crippen LogP contribution in [0.1, 0.15) is 32.4 Å². The first kappa shape index (κ1) is 14.9. The lowest BCUT2D eigenvalue weighted by Gasteiger charge is -2.22. The second kappa shape index (κ2) is 5.47. The molecule has 3 N–H and O–H groups in total. The number of carboxylic acid groups (broad SMARTS) is 1. The summed E-state index contributed by atoms with van der Waals surface area (Å²) in [5.41, 5.74) is 0.707. The highest BCUT2D eigenvalue weighted by Gasteiger charge is 2.25. The molecule has 2 rings (SSSR count). The Morgan fingerprint density at radius 3 is 2.62 bits per heavy atom. The number of carbonyl (C=O) groups is 2. The molecule has 1 atom stereocenters. The van der Waals surface area contributed by atoms with Gasteiger partial charge in [0.25, 0.3) is 0 Å². The molecular weight excluding hydrogens is 272 g/mol. The van der Waals surface area contributed by atoms with E-state index < -0.39 is 23.7 Å². The van der Waals surface area contributed by atoms with Crippen molar-refractivity contribution in [2.24, 2.45) is 0 Å². The van der Waals surface area contributed by atoms with Crippen LogP contribution in [0.3, 0.4) is 0 Å². The normalized spacial score (nSPS) is 12.9. The largest absolute Gasteiger partial charge is 0.479 e. The summed E-state index contributed by atoms with van der Waals surface area (Å²) in [6, 6.07) is 5.85. The van der Waals surface area contributed by atoms with Gasteiger partial charge in [0.05, 0.1) is 0 Å². The fourth-order valence-electron chi connectivity index (χ4n) is 1.96. The van der Waals surface area contributed by atoms with Gasteiger partial charge in [0.15, 0.2) is 6.04 Å². The van der Waals surface area contributed by atoms with Crippen LogP contribution < -0.4 is 5.32 Å². The summed E-state index contributed by atoms with van der Waals surface area (Å²) in [5, 5.41) is 12.6. The summed E-state index contributed by atoms with van der Waals surface area (Å²) in [6.45, 7) is 5.15. The van der Waals surface area contributed by atoms with E-state index in [1.807, 2.05) is 6.07 Å². The predicted molar refractivity (Wildman–Crippen MR) is 78.0 cm³/mol. The van der Waals surface area contributed by atoms with E-state index in [-0.39, 0.29) is 0 Å². The number of benzene rings is 1. The van der Waals surface area contributed by atoms with Gasteiger partial charge in [0.1, 0.15) is 5.60 Å². The SMILES string of the molecule is CC(C)(C)OC(=O)NC(C(=O)O)c1ccc2[nH]ccc2c1. The molecule has 0 spiro atoms. The zero-order valence-electron chi connectivity index (χ0n) is 12.1. The van der Waals surface area contributed by atoms with E-state index in [9.17, 15) is 14.7 Å². The lowest BCUT2D eigenvalue weighted by molar-refractivity contribution is -0.139. The zero-order valence-corrected chi connectivity index (χ0v) is 12.1. The molecule has 0 aliphatic rings. The molecular formula is C15H18N2O4. The molecule has 1 amide bonds. The van der Waals surface area contributed by atoms with E-state index in [2.05, 4.69) is 10.3 Å². The fraction of sp³-hybridized carbons (Fsp3) is 0.333. The van der Waals surface area contributed by atoms with Crippen molar-refractivity contribution in [3.8, 4) is 0 Å². The van der Waals surface area contributed by atoms with E-state index in [1.165, 1.54) is 0 Å². The number of carboxylic acids is 1. The standard InChI is InChI=1S/C15H18N2O4/c1-15(2,3)21-14(20)17-12(13(18)19)10-4-5-11-9(8-10)6-7-16-11/h4-8,12,16H,1-3H3,(H,17,20)(H,18,19). The maximum atomic E-state index is 11.8.